The fourth-order valence-electron chi connectivity index (χ4n) is 3.31. The van der Waals surface area contributed by atoms with Gasteiger partial charge in [-0.3, -0.25) is 0 Å². The average molecular weight is 278 g/mol. The number of benzene rings is 1. The molecule has 1 aromatic carbocycles. The monoisotopic (exact) mass is 278 g/mol. The summed E-state index contributed by atoms with van der Waals surface area (Å²) in [5, 5.41) is 18.9. The van der Waals surface area contributed by atoms with Crippen LogP contribution in [0.15, 0.2) is 29.8 Å². The van der Waals surface area contributed by atoms with Crippen molar-refractivity contribution in [2.24, 2.45) is 11.3 Å². The van der Waals surface area contributed by atoms with E-state index in [0.717, 1.165) is 18.9 Å². The van der Waals surface area contributed by atoms with Crippen molar-refractivity contribution in [3.05, 3.63) is 41.2 Å². The summed E-state index contributed by atoms with van der Waals surface area (Å²) < 4.78 is 19.9. The number of hydrogen-bond donors (Lipinski definition) is 2. The van der Waals surface area contributed by atoms with Gasteiger partial charge in [0.15, 0.2) is 0 Å². The van der Waals surface area contributed by atoms with Crippen molar-refractivity contribution in [1.82, 2.24) is 0 Å². The first-order valence-electron chi connectivity index (χ1n) is 6.92. The minimum absolute atomic E-state index is 0.0809. The molecule has 1 aliphatic carbocycles. The Kier molecular flexibility index (Phi) is 3.30. The Morgan fingerprint density at radius 2 is 2.25 bits per heavy atom. The molecule has 4 heteroatoms. The normalized spacial score (nSPS) is 32.9. The van der Waals surface area contributed by atoms with Crippen molar-refractivity contribution in [3.8, 4) is 5.75 Å². The minimum atomic E-state index is -0.440. The molecule has 20 heavy (non-hydrogen) atoms. The molecule has 0 unspecified atom stereocenters. The van der Waals surface area contributed by atoms with Crippen LogP contribution in [0.2, 0.25) is 0 Å². The van der Waals surface area contributed by atoms with Gasteiger partial charge in [-0.15, -0.1) is 0 Å². The molecule has 0 amide bonds. The van der Waals surface area contributed by atoms with Gasteiger partial charge in [-0.25, -0.2) is 4.39 Å². The Morgan fingerprint density at radius 1 is 1.45 bits per heavy atom. The van der Waals surface area contributed by atoms with E-state index < -0.39 is 5.82 Å². The molecule has 1 aliphatic heterocycles. The summed E-state index contributed by atoms with van der Waals surface area (Å²) in [5.41, 5.74) is 1.45. The van der Waals surface area contributed by atoms with Crippen LogP contribution in [0.1, 0.15) is 31.4 Å². The highest BCUT2D eigenvalue weighted by Gasteiger charge is 2.45. The van der Waals surface area contributed by atoms with Crippen LogP contribution in [-0.4, -0.2) is 23.4 Å². The number of phenolic OH excluding ortho intramolecular Hbond substituents is 1. The van der Waals surface area contributed by atoms with Gasteiger partial charge in [0.1, 0.15) is 11.6 Å². The summed E-state index contributed by atoms with van der Waals surface area (Å²) in [5.74, 6) is -0.434. The number of aliphatic hydroxyl groups is 1. The number of ether oxygens (including phenoxy) is 1. The lowest BCUT2D eigenvalue weighted by Crippen LogP contribution is -2.43. The molecule has 3 atom stereocenters. The minimum Gasteiger partial charge on any atom is -0.508 e. The van der Waals surface area contributed by atoms with Crippen molar-refractivity contribution < 1.29 is 19.3 Å². The van der Waals surface area contributed by atoms with E-state index in [9.17, 15) is 14.6 Å². The summed E-state index contributed by atoms with van der Waals surface area (Å²) in [4.78, 5) is 0. The van der Waals surface area contributed by atoms with E-state index in [1.54, 1.807) is 6.07 Å². The summed E-state index contributed by atoms with van der Waals surface area (Å²) >= 11 is 0. The second-order valence-corrected chi connectivity index (χ2v) is 6.06. The Hall–Kier alpha value is -1.39. The number of phenols is 1. The SMILES string of the molecule is CC1=CC[C@@]2(CO)CO[C@@H](c3ccc(O)cc3F)[C@@H]1C2. The van der Waals surface area contributed by atoms with Crippen molar-refractivity contribution in [2.45, 2.75) is 25.9 Å². The number of aromatic hydroxyl groups is 1. The number of allylic oxidation sites excluding steroid dienone is 1. The lowest BCUT2D eigenvalue weighted by molar-refractivity contribution is -0.114. The van der Waals surface area contributed by atoms with Gasteiger partial charge >= 0.3 is 0 Å². The lowest BCUT2D eigenvalue weighted by atomic mass is 9.67. The van der Waals surface area contributed by atoms with Crippen LogP contribution in [0.3, 0.4) is 0 Å². The molecule has 2 aliphatic rings. The standard InChI is InChI=1S/C16H19FO3/c1-10-4-5-16(8-18)7-13(10)15(20-9-16)12-3-2-11(19)6-14(12)17/h2-4,6,13,15,18-19H,5,7-9H2,1H3/t13-,15+,16-/m1/s1. The highest BCUT2D eigenvalue weighted by Crippen LogP contribution is 2.50. The Morgan fingerprint density at radius 3 is 2.95 bits per heavy atom. The van der Waals surface area contributed by atoms with E-state index in [0.29, 0.717) is 12.2 Å². The molecular formula is C16H19FO3. The first-order valence-corrected chi connectivity index (χ1v) is 6.92. The van der Waals surface area contributed by atoms with Crippen LogP contribution in [0.4, 0.5) is 4.39 Å². The van der Waals surface area contributed by atoms with Gasteiger partial charge < -0.3 is 14.9 Å². The number of halogens is 1. The van der Waals surface area contributed by atoms with E-state index in [-0.39, 0.29) is 29.8 Å². The molecule has 1 fully saturated rings. The molecule has 108 valence electrons. The third-order valence-corrected chi connectivity index (χ3v) is 4.66. The number of fused-ring (bicyclic) bond motifs is 2. The fourth-order valence-corrected chi connectivity index (χ4v) is 3.31. The maximum absolute atomic E-state index is 14.1. The first kappa shape index (κ1) is 13.6. The molecule has 0 saturated carbocycles. The molecule has 1 heterocycles. The van der Waals surface area contributed by atoms with Gasteiger partial charge in [0.25, 0.3) is 0 Å². The molecule has 1 saturated heterocycles. The largest absolute Gasteiger partial charge is 0.508 e. The summed E-state index contributed by atoms with van der Waals surface area (Å²) in [7, 11) is 0. The molecule has 0 radical (unpaired) electrons. The molecule has 1 aromatic rings. The van der Waals surface area contributed by atoms with Gasteiger partial charge in [0.2, 0.25) is 0 Å². The third-order valence-electron chi connectivity index (χ3n) is 4.66. The first-order chi connectivity index (χ1) is 9.54. The molecule has 3 rings (SSSR count). The molecule has 0 aromatic heterocycles. The zero-order valence-corrected chi connectivity index (χ0v) is 11.5. The van der Waals surface area contributed by atoms with Crippen LogP contribution in [0, 0.1) is 17.2 Å². The van der Waals surface area contributed by atoms with Gasteiger partial charge in [-0.1, -0.05) is 11.6 Å². The van der Waals surface area contributed by atoms with Crippen molar-refractivity contribution in [1.29, 1.82) is 0 Å². The topological polar surface area (TPSA) is 49.7 Å². The summed E-state index contributed by atoms with van der Waals surface area (Å²) in [6.45, 7) is 2.57. The molecule has 2 N–H and O–H groups in total. The predicted molar refractivity (Wildman–Crippen MR) is 72.8 cm³/mol. The van der Waals surface area contributed by atoms with E-state index in [4.69, 9.17) is 4.74 Å². The van der Waals surface area contributed by atoms with Gasteiger partial charge in [0.05, 0.1) is 19.3 Å². The molecule has 2 bridgehead atoms. The number of aliphatic hydroxyl groups excluding tert-OH is 1. The predicted octanol–water partition coefficient (Wildman–Crippen LogP) is 2.94. The second kappa shape index (κ2) is 4.86. The number of hydrogen-bond acceptors (Lipinski definition) is 3. The smallest absolute Gasteiger partial charge is 0.132 e. The quantitative estimate of drug-likeness (QED) is 0.818. The van der Waals surface area contributed by atoms with Crippen molar-refractivity contribution in [3.63, 3.8) is 0 Å². The molecular weight excluding hydrogens is 259 g/mol. The highest BCUT2D eigenvalue weighted by molar-refractivity contribution is 5.32. The zero-order valence-electron chi connectivity index (χ0n) is 11.5. The summed E-state index contributed by atoms with van der Waals surface area (Å²) in [6.07, 6.45) is 3.43. The van der Waals surface area contributed by atoms with Crippen LogP contribution in [-0.2, 0) is 4.74 Å². The Balaban J connectivity index is 1.96. The molecule has 3 nitrogen and oxygen atoms in total. The van der Waals surface area contributed by atoms with Crippen LogP contribution >= 0.6 is 0 Å². The average Bonchev–Trinajstić information content (AvgIpc) is 2.44. The number of rotatable bonds is 2. The van der Waals surface area contributed by atoms with Gasteiger partial charge in [-0.05, 0) is 31.9 Å². The van der Waals surface area contributed by atoms with E-state index in [1.807, 2.05) is 6.92 Å². The fraction of sp³-hybridized carbons (Fsp3) is 0.500. The maximum atomic E-state index is 14.1. The van der Waals surface area contributed by atoms with E-state index in [1.165, 1.54) is 11.6 Å². The van der Waals surface area contributed by atoms with Crippen LogP contribution in [0.5, 0.6) is 5.75 Å². The van der Waals surface area contributed by atoms with Crippen molar-refractivity contribution in [2.75, 3.05) is 13.2 Å². The zero-order chi connectivity index (χ0) is 14.3. The van der Waals surface area contributed by atoms with E-state index in [2.05, 4.69) is 6.08 Å². The Bertz CT molecular complexity index is 555. The van der Waals surface area contributed by atoms with Gasteiger partial charge in [0, 0.05) is 23.0 Å². The van der Waals surface area contributed by atoms with Crippen LogP contribution < -0.4 is 0 Å². The van der Waals surface area contributed by atoms with Crippen LogP contribution in [0.25, 0.3) is 0 Å². The third kappa shape index (κ3) is 2.13. The Labute approximate surface area is 117 Å². The summed E-state index contributed by atoms with van der Waals surface area (Å²) in [6, 6.07) is 4.19. The molecule has 0 spiro atoms. The van der Waals surface area contributed by atoms with E-state index >= 15 is 0 Å². The second-order valence-electron chi connectivity index (χ2n) is 6.06. The lowest BCUT2D eigenvalue weighted by Gasteiger charge is -2.47. The maximum Gasteiger partial charge on any atom is 0.132 e. The highest BCUT2D eigenvalue weighted by atomic mass is 19.1. The van der Waals surface area contributed by atoms with Gasteiger partial charge in [-0.2, -0.15) is 0 Å². The van der Waals surface area contributed by atoms with Crippen molar-refractivity contribution >= 4 is 0 Å².